The zero-order valence-corrected chi connectivity index (χ0v) is 16.3. The van der Waals surface area contributed by atoms with Gasteiger partial charge in [-0.15, -0.1) is 0 Å². The van der Waals surface area contributed by atoms with Crippen LogP contribution in [0.1, 0.15) is 53.4 Å². The van der Waals surface area contributed by atoms with Crippen LogP contribution in [0.5, 0.6) is 5.75 Å². The average molecular weight is 361 g/mol. The van der Waals surface area contributed by atoms with E-state index in [0.29, 0.717) is 24.0 Å². The van der Waals surface area contributed by atoms with Crippen LogP contribution in [0.15, 0.2) is 24.3 Å². The van der Waals surface area contributed by atoms with Crippen molar-refractivity contribution in [2.45, 2.75) is 53.4 Å². The Hall–Kier alpha value is -2.04. The number of esters is 1. The third-order valence-corrected chi connectivity index (χ3v) is 5.09. The van der Waals surface area contributed by atoms with Gasteiger partial charge in [0.2, 0.25) is 0 Å². The van der Waals surface area contributed by atoms with E-state index in [1.807, 2.05) is 19.1 Å². The normalized spacial score (nSPS) is 20.3. The van der Waals surface area contributed by atoms with Gasteiger partial charge in [0.25, 0.3) is 5.91 Å². The fourth-order valence-electron chi connectivity index (χ4n) is 3.49. The molecule has 5 heteroatoms. The Balaban J connectivity index is 1.78. The van der Waals surface area contributed by atoms with Crippen LogP contribution >= 0.6 is 0 Å². The zero-order valence-electron chi connectivity index (χ0n) is 16.3. The minimum atomic E-state index is -0.353. The molecule has 1 saturated carbocycles. The molecule has 26 heavy (non-hydrogen) atoms. The van der Waals surface area contributed by atoms with E-state index in [1.165, 1.54) is 0 Å². The molecule has 1 N–H and O–H groups in total. The van der Waals surface area contributed by atoms with Crippen LogP contribution in [0, 0.1) is 17.3 Å². The van der Waals surface area contributed by atoms with Gasteiger partial charge in [0, 0.05) is 0 Å². The lowest BCUT2D eigenvalue weighted by Gasteiger charge is -2.36. The van der Waals surface area contributed by atoms with Gasteiger partial charge in [0.05, 0.1) is 18.2 Å². The number of ether oxygens (including phenoxy) is 2. The molecule has 0 radical (unpaired) electrons. The Bertz CT molecular complexity index is 613. The molecule has 1 fully saturated rings. The second-order valence-corrected chi connectivity index (χ2v) is 8.00. The molecule has 0 unspecified atom stereocenters. The second-order valence-electron chi connectivity index (χ2n) is 8.00. The molecule has 1 aliphatic rings. The van der Waals surface area contributed by atoms with E-state index in [1.54, 1.807) is 12.1 Å². The maximum atomic E-state index is 12.3. The Morgan fingerprint density at radius 1 is 1.12 bits per heavy atom. The maximum Gasteiger partial charge on any atom is 0.309 e. The number of rotatable bonds is 6. The van der Waals surface area contributed by atoms with Gasteiger partial charge in [0.1, 0.15) is 5.75 Å². The molecule has 0 spiro atoms. The van der Waals surface area contributed by atoms with Crippen molar-refractivity contribution in [1.82, 2.24) is 0 Å². The SMILES string of the molecule is CCOc1ccccc1NC(=O)COC(=O)C1CCC(C(C)(C)C)CC1. The van der Waals surface area contributed by atoms with Gasteiger partial charge in [-0.1, -0.05) is 32.9 Å². The van der Waals surface area contributed by atoms with E-state index in [2.05, 4.69) is 26.1 Å². The van der Waals surface area contributed by atoms with Crippen LogP contribution < -0.4 is 10.1 Å². The maximum absolute atomic E-state index is 12.3. The van der Waals surface area contributed by atoms with Crippen molar-refractivity contribution < 1.29 is 19.1 Å². The topological polar surface area (TPSA) is 64.6 Å². The molecular formula is C21H31NO4. The fourth-order valence-corrected chi connectivity index (χ4v) is 3.49. The first-order valence-electron chi connectivity index (χ1n) is 9.49. The van der Waals surface area contributed by atoms with Crippen molar-refractivity contribution in [3.05, 3.63) is 24.3 Å². The lowest BCUT2D eigenvalue weighted by atomic mass is 9.70. The molecule has 0 aromatic heterocycles. The van der Waals surface area contributed by atoms with Crippen molar-refractivity contribution in [2.75, 3.05) is 18.5 Å². The number of hydrogen-bond acceptors (Lipinski definition) is 4. The van der Waals surface area contributed by atoms with E-state index >= 15 is 0 Å². The highest BCUT2D eigenvalue weighted by atomic mass is 16.5. The van der Waals surface area contributed by atoms with Gasteiger partial charge in [-0.05, 0) is 56.1 Å². The van der Waals surface area contributed by atoms with Gasteiger partial charge in [-0.25, -0.2) is 0 Å². The molecule has 1 aliphatic carbocycles. The van der Waals surface area contributed by atoms with Gasteiger partial charge in [0.15, 0.2) is 6.61 Å². The van der Waals surface area contributed by atoms with Crippen LogP contribution in [0.2, 0.25) is 0 Å². The van der Waals surface area contributed by atoms with Crippen molar-refractivity contribution in [3.63, 3.8) is 0 Å². The Kier molecular flexibility index (Phi) is 7.06. The van der Waals surface area contributed by atoms with E-state index in [0.717, 1.165) is 25.7 Å². The molecule has 0 aliphatic heterocycles. The number of carbonyl (C=O) groups excluding carboxylic acids is 2. The first kappa shape index (κ1) is 20.3. The van der Waals surface area contributed by atoms with Crippen LogP contribution in [-0.4, -0.2) is 25.1 Å². The number of carbonyl (C=O) groups is 2. The molecule has 1 aromatic carbocycles. The predicted molar refractivity (Wildman–Crippen MR) is 102 cm³/mol. The molecule has 1 amide bonds. The number of para-hydroxylation sites is 2. The molecule has 0 saturated heterocycles. The molecule has 144 valence electrons. The summed E-state index contributed by atoms with van der Waals surface area (Å²) in [6.45, 7) is 8.88. The van der Waals surface area contributed by atoms with Crippen LogP contribution in [0.3, 0.4) is 0 Å². The van der Waals surface area contributed by atoms with Crippen LogP contribution in [0.25, 0.3) is 0 Å². The molecule has 0 atom stereocenters. The summed E-state index contributed by atoms with van der Waals surface area (Å²) < 4.78 is 10.7. The van der Waals surface area contributed by atoms with Gasteiger partial charge in [-0.3, -0.25) is 9.59 Å². The van der Waals surface area contributed by atoms with Crippen molar-refractivity contribution in [2.24, 2.45) is 17.3 Å². The number of amides is 1. The molecule has 0 bridgehead atoms. The minimum absolute atomic E-state index is 0.0860. The highest BCUT2D eigenvalue weighted by Crippen LogP contribution is 2.40. The predicted octanol–water partition coefficient (Wildman–Crippen LogP) is 4.42. The summed E-state index contributed by atoms with van der Waals surface area (Å²) in [5.74, 6) is 0.552. The summed E-state index contributed by atoms with van der Waals surface area (Å²) in [7, 11) is 0. The largest absolute Gasteiger partial charge is 0.492 e. The standard InChI is InChI=1S/C21H31NO4/c1-5-25-18-9-7-6-8-17(18)22-19(23)14-26-20(24)15-10-12-16(13-11-15)21(2,3)4/h6-9,15-16H,5,10-14H2,1-4H3,(H,22,23). The smallest absolute Gasteiger partial charge is 0.309 e. The third kappa shape index (κ3) is 5.75. The van der Waals surface area contributed by atoms with E-state index < -0.39 is 0 Å². The van der Waals surface area contributed by atoms with Crippen molar-refractivity contribution in [3.8, 4) is 5.75 Å². The van der Waals surface area contributed by atoms with Crippen LogP contribution in [-0.2, 0) is 14.3 Å². The number of anilines is 1. The number of nitrogens with one attached hydrogen (secondary N) is 1. The number of hydrogen-bond donors (Lipinski definition) is 1. The van der Waals surface area contributed by atoms with E-state index in [9.17, 15) is 9.59 Å². The number of benzene rings is 1. The highest BCUT2D eigenvalue weighted by molar-refractivity contribution is 5.94. The first-order valence-corrected chi connectivity index (χ1v) is 9.49. The van der Waals surface area contributed by atoms with E-state index in [-0.39, 0.29) is 29.8 Å². The molecule has 1 aromatic rings. The first-order chi connectivity index (χ1) is 12.3. The van der Waals surface area contributed by atoms with Crippen molar-refractivity contribution in [1.29, 1.82) is 0 Å². The van der Waals surface area contributed by atoms with Crippen LogP contribution in [0.4, 0.5) is 5.69 Å². The third-order valence-electron chi connectivity index (χ3n) is 5.09. The zero-order chi connectivity index (χ0) is 19.2. The summed E-state index contributed by atoms with van der Waals surface area (Å²) in [4.78, 5) is 24.3. The molecule has 2 rings (SSSR count). The van der Waals surface area contributed by atoms with E-state index in [4.69, 9.17) is 9.47 Å². The lowest BCUT2D eigenvalue weighted by Crippen LogP contribution is -2.31. The monoisotopic (exact) mass is 361 g/mol. The lowest BCUT2D eigenvalue weighted by molar-refractivity contribution is -0.153. The van der Waals surface area contributed by atoms with Crippen molar-refractivity contribution >= 4 is 17.6 Å². The summed E-state index contributed by atoms with van der Waals surface area (Å²) in [5.41, 5.74) is 0.865. The summed E-state index contributed by atoms with van der Waals surface area (Å²) >= 11 is 0. The summed E-state index contributed by atoms with van der Waals surface area (Å²) in [6, 6.07) is 7.21. The molecule has 0 heterocycles. The molecule has 5 nitrogen and oxygen atoms in total. The Morgan fingerprint density at radius 2 is 1.77 bits per heavy atom. The van der Waals surface area contributed by atoms with Gasteiger partial charge >= 0.3 is 5.97 Å². The fraction of sp³-hybridized carbons (Fsp3) is 0.619. The minimum Gasteiger partial charge on any atom is -0.492 e. The van der Waals surface area contributed by atoms with Gasteiger partial charge < -0.3 is 14.8 Å². The highest BCUT2D eigenvalue weighted by Gasteiger charge is 2.33. The quantitative estimate of drug-likeness (QED) is 0.762. The molecular weight excluding hydrogens is 330 g/mol. The average Bonchev–Trinajstić information content (AvgIpc) is 2.61. The Morgan fingerprint density at radius 3 is 2.38 bits per heavy atom. The summed E-state index contributed by atoms with van der Waals surface area (Å²) in [6.07, 6.45) is 3.76. The Labute approximate surface area is 156 Å². The second kappa shape index (κ2) is 9.06. The summed E-state index contributed by atoms with van der Waals surface area (Å²) in [5, 5.41) is 2.74. The van der Waals surface area contributed by atoms with Gasteiger partial charge in [-0.2, -0.15) is 0 Å².